The number of anilines is 1. The molecule has 1 atom stereocenters. The molecule has 4 amide bonds. The van der Waals surface area contributed by atoms with E-state index in [1.165, 1.54) is 23.9 Å². The summed E-state index contributed by atoms with van der Waals surface area (Å²) in [5, 5.41) is 9.26. The number of rotatable bonds is 3. The second-order valence-electron chi connectivity index (χ2n) is 7.98. The highest BCUT2D eigenvalue weighted by molar-refractivity contribution is 7.98. The van der Waals surface area contributed by atoms with Gasteiger partial charge in [0.15, 0.2) is 5.78 Å². The van der Waals surface area contributed by atoms with E-state index in [1.807, 2.05) is 6.07 Å². The Bertz CT molecular complexity index is 1320. The molecule has 0 radical (unpaired) electrons. The minimum atomic E-state index is -4.66. The predicted octanol–water partition coefficient (Wildman–Crippen LogP) is 5.37. The highest BCUT2D eigenvalue weighted by atomic mass is 32.2. The van der Waals surface area contributed by atoms with Crippen LogP contribution >= 0.6 is 11.8 Å². The third-order valence-corrected chi connectivity index (χ3v) is 6.75. The van der Waals surface area contributed by atoms with Crippen LogP contribution < -0.4 is 10.6 Å². The number of hydrogen-bond donors (Lipinski definition) is 1. The lowest BCUT2D eigenvalue weighted by Gasteiger charge is -2.44. The van der Waals surface area contributed by atoms with Crippen molar-refractivity contribution in [3.8, 4) is 6.07 Å². The third kappa shape index (κ3) is 4.25. The molecule has 35 heavy (non-hydrogen) atoms. The number of ketones is 1. The van der Waals surface area contributed by atoms with Gasteiger partial charge >= 0.3 is 18.2 Å². The van der Waals surface area contributed by atoms with Crippen LogP contribution in [0.2, 0.25) is 0 Å². The number of imide groups is 1. The van der Waals surface area contributed by atoms with Gasteiger partial charge in [-0.2, -0.15) is 18.4 Å². The minimum absolute atomic E-state index is 0.123. The average Bonchev–Trinajstić information content (AvgIpc) is 2.82. The lowest BCUT2D eigenvalue weighted by Crippen LogP contribution is -2.55. The molecule has 0 unspecified atom stereocenters. The molecule has 1 aliphatic heterocycles. The molecule has 11 heteroatoms. The molecule has 1 aliphatic carbocycles. The van der Waals surface area contributed by atoms with Crippen LogP contribution in [0.4, 0.5) is 28.4 Å². The highest BCUT2D eigenvalue weighted by Crippen LogP contribution is 2.46. The van der Waals surface area contributed by atoms with Crippen LogP contribution in [-0.4, -0.2) is 29.0 Å². The van der Waals surface area contributed by atoms with Crippen molar-refractivity contribution in [2.75, 3.05) is 11.2 Å². The van der Waals surface area contributed by atoms with Gasteiger partial charge in [0.25, 0.3) is 0 Å². The van der Waals surface area contributed by atoms with Gasteiger partial charge in [0.1, 0.15) is 0 Å². The van der Waals surface area contributed by atoms with E-state index in [0.717, 1.165) is 23.1 Å². The van der Waals surface area contributed by atoms with Crippen molar-refractivity contribution < 1.29 is 27.6 Å². The van der Waals surface area contributed by atoms with Gasteiger partial charge < -0.3 is 5.73 Å². The van der Waals surface area contributed by atoms with Gasteiger partial charge in [-0.25, -0.2) is 14.5 Å². The molecule has 0 bridgehead atoms. The van der Waals surface area contributed by atoms with Gasteiger partial charge in [-0.1, -0.05) is 12.1 Å². The number of nitrogens with zero attached hydrogens (tertiary/aromatic N) is 3. The molecule has 2 aromatic carbocycles. The summed E-state index contributed by atoms with van der Waals surface area (Å²) in [7, 11) is 0. The van der Waals surface area contributed by atoms with Crippen LogP contribution in [0.3, 0.4) is 0 Å². The molecule has 0 spiro atoms. The fourth-order valence-electron chi connectivity index (χ4n) is 4.46. The summed E-state index contributed by atoms with van der Waals surface area (Å²) < 4.78 is 40.1. The van der Waals surface area contributed by atoms with Gasteiger partial charge in [0, 0.05) is 22.6 Å². The second kappa shape index (κ2) is 9.11. The van der Waals surface area contributed by atoms with Crippen molar-refractivity contribution in [2.24, 2.45) is 5.73 Å². The number of thioether (sulfide) groups is 1. The largest absolute Gasteiger partial charge is 0.416 e. The van der Waals surface area contributed by atoms with Crippen molar-refractivity contribution >= 4 is 35.3 Å². The molecule has 7 nitrogen and oxygen atoms in total. The van der Waals surface area contributed by atoms with Crippen LogP contribution in [-0.2, 0) is 11.0 Å². The van der Waals surface area contributed by atoms with Crippen LogP contribution in [0.15, 0.2) is 58.6 Å². The lowest BCUT2D eigenvalue weighted by atomic mass is 9.83. The topological polar surface area (TPSA) is 108 Å². The Balaban J connectivity index is 1.99. The fourth-order valence-corrected chi connectivity index (χ4v) is 5.12. The minimum Gasteiger partial charge on any atom is -0.351 e. The van der Waals surface area contributed by atoms with Gasteiger partial charge in [-0.05, 0) is 55.0 Å². The van der Waals surface area contributed by atoms with Crippen molar-refractivity contribution in [3.63, 3.8) is 0 Å². The number of hydrogen-bond acceptors (Lipinski definition) is 5. The number of halogens is 3. The van der Waals surface area contributed by atoms with Crippen molar-refractivity contribution in [1.82, 2.24) is 4.90 Å². The Hall–Kier alpha value is -3.78. The zero-order chi connectivity index (χ0) is 25.5. The summed E-state index contributed by atoms with van der Waals surface area (Å²) >= 11 is 1.26. The molecule has 2 aromatic rings. The molecule has 0 saturated carbocycles. The fraction of sp³-hybridized carbons (Fsp3) is 0.250. The monoisotopic (exact) mass is 500 g/mol. The lowest BCUT2D eigenvalue weighted by molar-refractivity contribution is -0.137. The number of amides is 4. The summed E-state index contributed by atoms with van der Waals surface area (Å²) in [6.45, 7) is 0. The summed E-state index contributed by atoms with van der Waals surface area (Å²) in [4.78, 5) is 41.7. The van der Waals surface area contributed by atoms with E-state index >= 15 is 0 Å². The van der Waals surface area contributed by atoms with E-state index in [9.17, 15) is 32.8 Å². The number of alkyl halides is 3. The van der Waals surface area contributed by atoms with E-state index < -0.39 is 29.8 Å². The van der Waals surface area contributed by atoms with Crippen LogP contribution in [0.25, 0.3) is 0 Å². The maximum Gasteiger partial charge on any atom is 0.416 e. The Morgan fingerprint density at radius 2 is 1.91 bits per heavy atom. The molecule has 1 heterocycles. The number of primary amides is 1. The Kier molecular flexibility index (Phi) is 6.34. The second-order valence-corrected chi connectivity index (χ2v) is 8.83. The molecule has 0 fully saturated rings. The maximum absolute atomic E-state index is 13.7. The van der Waals surface area contributed by atoms with E-state index in [4.69, 9.17) is 5.73 Å². The molecule has 0 saturated heterocycles. The molecule has 4 rings (SSSR count). The number of nitriles is 1. The first kappa shape index (κ1) is 24.3. The Labute approximate surface area is 203 Å². The first-order chi connectivity index (χ1) is 16.6. The summed E-state index contributed by atoms with van der Waals surface area (Å²) in [6.07, 6.45) is -2.12. The number of nitrogens with two attached hydrogens (primary N) is 1. The number of urea groups is 2. The first-order valence-electron chi connectivity index (χ1n) is 10.5. The maximum atomic E-state index is 13.7. The van der Waals surface area contributed by atoms with Gasteiger partial charge in [0.05, 0.1) is 28.9 Å². The number of carbonyl (C=O) groups is 3. The van der Waals surface area contributed by atoms with E-state index in [2.05, 4.69) is 0 Å². The van der Waals surface area contributed by atoms with Gasteiger partial charge in [-0.15, -0.1) is 11.8 Å². The molecule has 180 valence electrons. The standard InChI is InChI=1S/C24H19F3N4O3S/c1-35-19-10-13(12-28)8-9-16(19)21-20-17(6-3-7-18(20)32)30(23(34)31(21)22(29)33)15-5-2-4-14(11-15)24(25,26)27/h2,4-5,8-11,21H,3,6-7H2,1H3,(H2,29,33)/t21-/m1/s1. The highest BCUT2D eigenvalue weighted by Gasteiger charge is 2.47. The molecule has 2 N–H and O–H groups in total. The van der Waals surface area contributed by atoms with Crippen molar-refractivity contribution in [3.05, 3.63) is 70.4 Å². The summed E-state index contributed by atoms with van der Waals surface area (Å²) in [5.41, 5.74) is 5.65. The molecular formula is C24H19F3N4O3S. The SMILES string of the molecule is CSc1cc(C#N)ccc1[C@@H]1C2=C(CCCC2=O)N(c2cccc(C(F)(F)F)c2)C(=O)N1C(N)=O. The van der Waals surface area contributed by atoms with Crippen molar-refractivity contribution in [1.29, 1.82) is 5.26 Å². The zero-order valence-corrected chi connectivity index (χ0v) is 19.2. The van der Waals surface area contributed by atoms with Crippen LogP contribution in [0.1, 0.15) is 42.0 Å². The van der Waals surface area contributed by atoms with Crippen LogP contribution in [0.5, 0.6) is 0 Å². The third-order valence-electron chi connectivity index (χ3n) is 5.95. The molecular weight excluding hydrogens is 481 g/mol. The smallest absolute Gasteiger partial charge is 0.351 e. The van der Waals surface area contributed by atoms with E-state index in [1.54, 1.807) is 18.4 Å². The van der Waals surface area contributed by atoms with E-state index in [-0.39, 0.29) is 35.6 Å². The quantitative estimate of drug-likeness (QED) is 0.571. The van der Waals surface area contributed by atoms with Crippen molar-refractivity contribution in [2.45, 2.75) is 36.4 Å². The number of benzene rings is 2. The molecule has 2 aliphatic rings. The zero-order valence-electron chi connectivity index (χ0n) is 18.4. The number of allylic oxidation sites excluding steroid dienone is 1. The van der Waals surface area contributed by atoms with Gasteiger partial charge in [0.2, 0.25) is 0 Å². The predicted molar refractivity (Wildman–Crippen MR) is 122 cm³/mol. The molecule has 0 aromatic heterocycles. The van der Waals surface area contributed by atoms with Gasteiger partial charge in [-0.3, -0.25) is 9.69 Å². The number of carbonyl (C=O) groups excluding carboxylic acids is 3. The Morgan fingerprint density at radius 1 is 1.17 bits per heavy atom. The normalized spacial score (nSPS) is 18.4. The average molecular weight is 501 g/mol. The summed E-state index contributed by atoms with van der Waals surface area (Å²) in [6, 6.07) is 7.53. The first-order valence-corrected chi connectivity index (χ1v) is 11.7. The number of Topliss-reactive ketones (excluding diaryl/α,β-unsaturated/α-hetero) is 1. The Morgan fingerprint density at radius 3 is 2.54 bits per heavy atom. The van der Waals surface area contributed by atoms with E-state index in [0.29, 0.717) is 27.3 Å². The van der Waals surface area contributed by atoms with Crippen LogP contribution in [0, 0.1) is 11.3 Å². The summed E-state index contributed by atoms with van der Waals surface area (Å²) in [5.74, 6) is -0.330.